The Bertz CT molecular complexity index is 1450. The molecule has 0 saturated heterocycles. The van der Waals surface area contributed by atoms with Crippen molar-refractivity contribution in [1.82, 2.24) is 0 Å². The molecule has 0 radical (unpaired) electrons. The summed E-state index contributed by atoms with van der Waals surface area (Å²) < 4.78 is 16.6. The van der Waals surface area contributed by atoms with E-state index in [1.54, 1.807) is 6.08 Å². The minimum absolute atomic E-state index is 0.0801. The van der Waals surface area contributed by atoms with E-state index in [1.165, 1.54) is 51.4 Å². The van der Waals surface area contributed by atoms with Gasteiger partial charge in [0.25, 0.3) is 0 Å². The summed E-state index contributed by atoms with van der Waals surface area (Å²) in [6.45, 7) is 6.23. The van der Waals surface area contributed by atoms with Gasteiger partial charge in [-0.15, -0.1) is 0 Å². The van der Waals surface area contributed by atoms with Gasteiger partial charge >= 0.3 is 17.9 Å². The zero-order valence-electron chi connectivity index (χ0n) is 41.4. The topological polar surface area (TPSA) is 78.9 Å². The van der Waals surface area contributed by atoms with Crippen molar-refractivity contribution < 1.29 is 28.6 Å². The van der Waals surface area contributed by atoms with Gasteiger partial charge in [-0.25, -0.2) is 0 Å². The van der Waals surface area contributed by atoms with Gasteiger partial charge in [-0.1, -0.05) is 199 Å². The summed E-state index contributed by atoms with van der Waals surface area (Å²) in [4.78, 5) is 37.9. The van der Waals surface area contributed by atoms with E-state index in [2.05, 4.69) is 142 Å². The van der Waals surface area contributed by atoms with Gasteiger partial charge < -0.3 is 14.2 Å². The Kier molecular flexibility index (Phi) is 48.6. The third-order valence-corrected chi connectivity index (χ3v) is 10.2. The van der Waals surface area contributed by atoms with Gasteiger partial charge in [-0.3, -0.25) is 14.4 Å². The Morgan fingerprint density at radius 1 is 0.338 bits per heavy atom. The molecule has 1 atom stereocenters. The lowest BCUT2D eigenvalue weighted by molar-refractivity contribution is -0.166. The van der Waals surface area contributed by atoms with E-state index in [1.807, 2.05) is 6.08 Å². The van der Waals surface area contributed by atoms with Gasteiger partial charge in [-0.2, -0.15) is 0 Å². The lowest BCUT2D eigenvalue weighted by Gasteiger charge is -2.18. The molecule has 0 heterocycles. The molecule has 6 heteroatoms. The van der Waals surface area contributed by atoms with Crippen molar-refractivity contribution in [1.29, 1.82) is 0 Å². The average Bonchev–Trinajstić information content (AvgIpc) is 3.30. The monoisotopic (exact) mass is 897 g/mol. The molecule has 0 N–H and O–H groups in total. The third-order valence-electron chi connectivity index (χ3n) is 10.2. The van der Waals surface area contributed by atoms with Crippen LogP contribution in [0.1, 0.15) is 201 Å². The molecule has 6 nitrogen and oxygen atoms in total. The minimum atomic E-state index is -0.857. The molecule has 0 spiro atoms. The highest BCUT2D eigenvalue weighted by atomic mass is 16.6. The second-order valence-electron chi connectivity index (χ2n) is 16.3. The lowest BCUT2D eigenvalue weighted by atomic mass is 10.1. The Morgan fingerprint density at radius 2 is 0.646 bits per heavy atom. The van der Waals surface area contributed by atoms with Crippen LogP contribution >= 0.6 is 0 Å². The van der Waals surface area contributed by atoms with Crippen molar-refractivity contribution in [3.63, 3.8) is 0 Å². The number of ether oxygens (including phenoxy) is 3. The number of allylic oxidation sites excluding steroid dienone is 21. The van der Waals surface area contributed by atoms with Crippen molar-refractivity contribution in [3.8, 4) is 0 Å². The second kappa shape index (κ2) is 52.2. The van der Waals surface area contributed by atoms with E-state index >= 15 is 0 Å². The van der Waals surface area contributed by atoms with Crippen LogP contribution in [0.3, 0.4) is 0 Å². The van der Waals surface area contributed by atoms with Crippen molar-refractivity contribution in [2.45, 2.75) is 207 Å². The summed E-state index contributed by atoms with van der Waals surface area (Å²) in [7, 11) is 0. The molecule has 0 amide bonds. The summed E-state index contributed by atoms with van der Waals surface area (Å²) >= 11 is 0. The first-order valence-electron chi connectivity index (χ1n) is 25.7. The predicted octanol–water partition coefficient (Wildman–Crippen LogP) is 17.1. The maximum atomic E-state index is 12.7. The summed E-state index contributed by atoms with van der Waals surface area (Å²) in [5.74, 6) is -1.13. The highest BCUT2D eigenvalue weighted by Crippen LogP contribution is 2.12. The molecule has 0 aliphatic heterocycles. The van der Waals surface area contributed by atoms with E-state index in [-0.39, 0.29) is 38.0 Å². The van der Waals surface area contributed by atoms with Gasteiger partial charge in [-0.05, 0) is 116 Å². The molecule has 0 saturated carbocycles. The fourth-order valence-electron chi connectivity index (χ4n) is 6.36. The van der Waals surface area contributed by atoms with Crippen molar-refractivity contribution in [2.24, 2.45) is 0 Å². The van der Waals surface area contributed by atoms with Gasteiger partial charge in [0.05, 0.1) is 6.42 Å². The number of carbonyl (C=O) groups excluding carboxylic acids is 3. The van der Waals surface area contributed by atoms with Crippen molar-refractivity contribution in [3.05, 3.63) is 134 Å². The predicted molar refractivity (Wildman–Crippen MR) is 279 cm³/mol. The summed E-state index contributed by atoms with van der Waals surface area (Å²) in [5.41, 5.74) is 0. The zero-order chi connectivity index (χ0) is 47.2. The third kappa shape index (κ3) is 50.4. The first-order chi connectivity index (χ1) is 32.0. The van der Waals surface area contributed by atoms with Gasteiger partial charge in [0, 0.05) is 12.8 Å². The minimum Gasteiger partial charge on any atom is -0.462 e. The molecule has 364 valence electrons. The van der Waals surface area contributed by atoms with Crippen LogP contribution in [0.15, 0.2) is 134 Å². The molecule has 0 aromatic heterocycles. The van der Waals surface area contributed by atoms with Crippen LogP contribution in [-0.4, -0.2) is 37.2 Å². The first-order valence-corrected chi connectivity index (χ1v) is 25.7. The molecule has 0 bridgehead atoms. The lowest BCUT2D eigenvalue weighted by Crippen LogP contribution is -2.30. The molecule has 0 fully saturated rings. The fraction of sp³-hybridized carbons (Fsp3) is 0.576. The first kappa shape index (κ1) is 60.5. The van der Waals surface area contributed by atoms with Gasteiger partial charge in [0.2, 0.25) is 0 Å². The normalized spacial score (nSPS) is 13.2. The summed E-state index contributed by atoms with van der Waals surface area (Å²) in [6.07, 6.45) is 73.2. The van der Waals surface area contributed by atoms with Gasteiger partial charge in [0.15, 0.2) is 6.10 Å². The Morgan fingerprint density at radius 3 is 1.05 bits per heavy atom. The van der Waals surface area contributed by atoms with E-state index in [4.69, 9.17) is 14.2 Å². The zero-order valence-corrected chi connectivity index (χ0v) is 41.4. The SMILES string of the molecule is CC/C=C\C/C=C\C/C=C\C/C=C\C/C=C\CC(=O)OC(COC(=O)CCCC/C=C\C/C=C\C/C=C\C/C=C\CC)COC(=O)CCCCCCCCC/C=C\C/C=C\CCCCC. The Balaban J connectivity index is 4.60. The van der Waals surface area contributed by atoms with E-state index < -0.39 is 12.1 Å². The molecule has 0 aliphatic rings. The average molecular weight is 897 g/mol. The van der Waals surface area contributed by atoms with Crippen LogP contribution < -0.4 is 0 Å². The van der Waals surface area contributed by atoms with Crippen molar-refractivity contribution >= 4 is 17.9 Å². The summed E-state index contributed by atoms with van der Waals surface area (Å²) in [6, 6.07) is 0. The molecule has 0 aromatic rings. The summed E-state index contributed by atoms with van der Waals surface area (Å²) in [5, 5.41) is 0. The molecule has 0 aliphatic carbocycles. The van der Waals surface area contributed by atoms with Crippen LogP contribution in [0.5, 0.6) is 0 Å². The maximum absolute atomic E-state index is 12.7. The number of hydrogen-bond acceptors (Lipinski definition) is 6. The van der Waals surface area contributed by atoms with Crippen LogP contribution in [0.2, 0.25) is 0 Å². The molecule has 1 unspecified atom stereocenters. The van der Waals surface area contributed by atoms with Crippen LogP contribution in [0.25, 0.3) is 0 Å². The van der Waals surface area contributed by atoms with Gasteiger partial charge in [0.1, 0.15) is 13.2 Å². The Hall–Kier alpha value is -4.45. The number of esters is 3. The molecular weight excluding hydrogens is 805 g/mol. The second-order valence-corrected chi connectivity index (χ2v) is 16.3. The van der Waals surface area contributed by atoms with Crippen LogP contribution in [0.4, 0.5) is 0 Å². The van der Waals surface area contributed by atoms with E-state index in [9.17, 15) is 14.4 Å². The van der Waals surface area contributed by atoms with Crippen LogP contribution in [0, 0.1) is 0 Å². The fourth-order valence-corrected chi connectivity index (χ4v) is 6.36. The highest BCUT2D eigenvalue weighted by molar-refractivity contribution is 5.72. The quantitative estimate of drug-likeness (QED) is 0.0262. The standard InChI is InChI=1S/C59H92O6/c1-4-7-10-13-16-19-22-25-28-29-32-34-37-40-43-46-49-52-58(61)64-55-56(65-59(62)53-50-47-44-41-38-35-31-27-24-21-18-15-12-9-6-3)54-63-57(60)51-48-45-42-39-36-33-30-26-23-20-17-14-11-8-5-2/h8-9,11-12,16-21,25-28,30-31,36,38-39,41,47,50,56H,4-7,10,13-15,22-24,29,32-35,37,40,42-46,48-49,51-55H2,1-3H3/b11-8-,12-9-,19-16-,20-17-,21-18-,28-25-,30-26-,31-27-,39-36-,41-38-,50-47-. The molecule has 65 heavy (non-hydrogen) atoms. The van der Waals surface area contributed by atoms with Crippen LogP contribution in [-0.2, 0) is 28.6 Å². The number of carbonyl (C=O) groups is 3. The number of hydrogen-bond donors (Lipinski definition) is 0. The number of unbranched alkanes of at least 4 members (excludes halogenated alkanes) is 12. The molecule has 0 rings (SSSR count). The molecule has 0 aromatic carbocycles. The Labute approximate surface area is 398 Å². The smallest absolute Gasteiger partial charge is 0.310 e. The number of rotatable bonds is 44. The highest BCUT2D eigenvalue weighted by Gasteiger charge is 2.19. The maximum Gasteiger partial charge on any atom is 0.310 e. The molecular formula is C59H92O6. The largest absolute Gasteiger partial charge is 0.462 e. The van der Waals surface area contributed by atoms with E-state index in [0.29, 0.717) is 19.3 Å². The van der Waals surface area contributed by atoms with E-state index in [0.717, 1.165) is 96.3 Å². The van der Waals surface area contributed by atoms with Crippen molar-refractivity contribution in [2.75, 3.05) is 13.2 Å².